The topological polar surface area (TPSA) is 64.6 Å². The van der Waals surface area contributed by atoms with Gasteiger partial charge < -0.3 is 14.8 Å². The van der Waals surface area contributed by atoms with Crippen molar-refractivity contribution in [1.82, 2.24) is 5.32 Å². The number of aryl methyl sites for hydroxylation is 1. The van der Waals surface area contributed by atoms with E-state index in [1.54, 1.807) is 24.3 Å². The molecule has 2 aromatic rings. The van der Waals surface area contributed by atoms with Crippen molar-refractivity contribution in [3.05, 3.63) is 59.9 Å². The van der Waals surface area contributed by atoms with Crippen LogP contribution in [0.5, 0.6) is 11.5 Å². The maximum absolute atomic E-state index is 13.3. The number of carbonyl (C=O) groups is 2. The van der Waals surface area contributed by atoms with Crippen molar-refractivity contribution in [2.24, 2.45) is 0 Å². The Labute approximate surface area is 133 Å². The summed E-state index contributed by atoms with van der Waals surface area (Å²) in [7, 11) is 0. The van der Waals surface area contributed by atoms with Gasteiger partial charge in [-0.05, 0) is 36.8 Å². The third-order valence-electron chi connectivity index (χ3n) is 2.85. The summed E-state index contributed by atoms with van der Waals surface area (Å²) in [6, 6.07) is 12.7. The zero-order valence-corrected chi connectivity index (χ0v) is 12.5. The minimum absolute atomic E-state index is 0.0232. The molecule has 0 saturated carbocycles. The third-order valence-corrected chi connectivity index (χ3v) is 2.85. The molecular weight excluding hydrogens is 301 g/mol. The van der Waals surface area contributed by atoms with Gasteiger partial charge in [-0.15, -0.1) is 0 Å². The highest BCUT2D eigenvalue weighted by Crippen LogP contribution is 2.15. The molecule has 0 radical (unpaired) electrons. The van der Waals surface area contributed by atoms with Crippen molar-refractivity contribution in [2.45, 2.75) is 6.92 Å². The number of hydrogen-bond donors (Lipinski definition) is 1. The smallest absolute Gasteiger partial charge is 0.330 e. The van der Waals surface area contributed by atoms with Crippen LogP contribution in [0.1, 0.15) is 5.56 Å². The predicted octanol–water partition coefficient (Wildman–Crippen LogP) is 2.23. The van der Waals surface area contributed by atoms with Gasteiger partial charge in [0.05, 0.1) is 0 Å². The van der Waals surface area contributed by atoms with Gasteiger partial charge in [0.2, 0.25) is 0 Å². The van der Waals surface area contributed by atoms with Crippen molar-refractivity contribution >= 4 is 11.9 Å². The van der Waals surface area contributed by atoms with E-state index in [1.165, 1.54) is 18.2 Å². The van der Waals surface area contributed by atoms with E-state index in [0.29, 0.717) is 5.75 Å². The molecule has 0 atom stereocenters. The van der Waals surface area contributed by atoms with E-state index >= 15 is 0 Å². The second kappa shape index (κ2) is 7.93. The van der Waals surface area contributed by atoms with E-state index in [9.17, 15) is 14.0 Å². The van der Waals surface area contributed by atoms with Gasteiger partial charge in [-0.25, -0.2) is 9.18 Å². The number of nitrogens with one attached hydrogen (secondary N) is 1. The van der Waals surface area contributed by atoms with Crippen LogP contribution in [0.25, 0.3) is 0 Å². The lowest BCUT2D eigenvalue weighted by Crippen LogP contribution is -2.35. The van der Waals surface area contributed by atoms with E-state index in [2.05, 4.69) is 5.32 Å². The van der Waals surface area contributed by atoms with Crippen LogP contribution < -0.4 is 14.8 Å². The van der Waals surface area contributed by atoms with Crippen LogP contribution in [0.2, 0.25) is 0 Å². The van der Waals surface area contributed by atoms with Gasteiger partial charge in [-0.3, -0.25) is 4.79 Å². The molecule has 5 nitrogen and oxygen atoms in total. The Morgan fingerprint density at radius 3 is 2.65 bits per heavy atom. The highest BCUT2D eigenvalue weighted by Gasteiger charge is 2.10. The van der Waals surface area contributed by atoms with Crippen LogP contribution in [0.15, 0.2) is 48.5 Å². The van der Waals surface area contributed by atoms with Crippen LogP contribution in [0.3, 0.4) is 0 Å². The number of ether oxygens (including phenoxy) is 2. The summed E-state index contributed by atoms with van der Waals surface area (Å²) in [5.41, 5.74) is 0.956. The number of carbonyl (C=O) groups excluding carboxylic acids is 2. The molecule has 1 amide bonds. The summed E-state index contributed by atoms with van der Waals surface area (Å²) >= 11 is 0. The Balaban J connectivity index is 1.74. The van der Waals surface area contributed by atoms with Crippen molar-refractivity contribution in [1.29, 1.82) is 0 Å². The first-order chi connectivity index (χ1) is 11.0. The van der Waals surface area contributed by atoms with Crippen molar-refractivity contribution in [3.8, 4) is 11.5 Å². The Kier molecular flexibility index (Phi) is 5.68. The first-order valence-electron chi connectivity index (χ1n) is 6.96. The number of benzene rings is 2. The van der Waals surface area contributed by atoms with Gasteiger partial charge in [0.15, 0.2) is 18.2 Å². The van der Waals surface area contributed by atoms with Gasteiger partial charge in [0.25, 0.3) is 5.91 Å². The molecule has 0 aliphatic rings. The average molecular weight is 317 g/mol. The maximum atomic E-state index is 13.3. The maximum Gasteiger partial charge on any atom is 0.330 e. The van der Waals surface area contributed by atoms with E-state index in [0.717, 1.165) is 5.56 Å². The molecular formula is C17H16FNO4. The Morgan fingerprint density at radius 1 is 1.13 bits per heavy atom. The lowest BCUT2D eigenvalue weighted by atomic mass is 10.2. The molecule has 6 heteroatoms. The van der Waals surface area contributed by atoms with Crippen LogP contribution in [-0.4, -0.2) is 25.0 Å². The lowest BCUT2D eigenvalue weighted by Gasteiger charge is -2.08. The average Bonchev–Trinajstić information content (AvgIpc) is 2.52. The molecule has 0 bridgehead atoms. The molecule has 0 spiro atoms. The summed E-state index contributed by atoms with van der Waals surface area (Å²) in [5, 5.41) is 2.35. The van der Waals surface area contributed by atoms with Gasteiger partial charge in [-0.1, -0.05) is 24.3 Å². The quantitative estimate of drug-likeness (QED) is 0.655. The third kappa shape index (κ3) is 5.43. The standard InChI is InChI=1S/C17H16FNO4/c1-12-5-4-6-13(9-12)23-17(21)10-19-16(20)11-22-15-8-3-2-7-14(15)18/h2-9H,10-11H2,1H3,(H,19,20). The number of para-hydroxylation sites is 1. The Hall–Kier alpha value is -2.89. The molecule has 2 aromatic carbocycles. The van der Waals surface area contributed by atoms with Crippen molar-refractivity contribution in [3.63, 3.8) is 0 Å². The summed E-state index contributed by atoms with van der Waals surface area (Å²) in [6.45, 7) is 1.19. The zero-order valence-electron chi connectivity index (χ0n) is 12.5. The molecule has 0 aromatic heterocycles. The van der Waals surface area contributed by atoms with Gasteiger partial charge in [0.1, 0.15) is 12.3 Å². The fourth-order valence-electron chi connectivity index (χ4n) is 1.77. The fraction of sp³-hybridized carbons (Fsp3) is 0.176. The van der Waals surface area contributed by atoms with Gasteiger partial charge >= 0.3 is 5.97 Å². The summed E-state index contributed by atoms with van der Waals surface area (Å²) in [4.78, 5) is 23.2. The first-order valence-corrected chi connectivity index (χ1v) is 6.96. The van der Waals surface area contributed by atoms with E-state index in [-0.39, 0.29) is 12.3 Å². The number of halogens is 1. The van der Waals surface area contributed by atoms with Crippen LogP contribution >= 0.6 is 0 Å². The molecule has 120 valence electrons. The first kappa shape index (κ1) is 16.5. The van der Waals surface area contributed by atoms with Gasteiger partial charge in [-0.2, -0.15) is 0 Å². The highest BCUT2D eigenvalue weighted by atomic mass is 19.1. The van der Waals surface area contributed by atoms with E-state index < -0.39 is 24.3 Å². The van der Waals surface area contributed by atoms with Crippen molar-refractivity contribution in [2.75, 3.05) is 13.2 Å². The summed E-state index contributed by atoms with van der Waals surface area (Å²) < 4.78 is 23.4. The molecule has 0 aliphatic carbocycles. The Morgan fingerprint density at radius 2 is 1.91 bits per heavy atom. The molecule has 23 heavy (non-hydrogen) atoms. The monoisotopic (exact) mass is 317 g/mol. The largest absolute Gasteiger partial charge is 0.481 e. The number of hydrogen-bond acceptors (Lipinski definition) is 4. The second-order valence-corrected chi connectivity index (χ2v) is 4.79. The molecule has 1 N–H and O–H groups in total. The minimum atomic E-state index is -0.602. The zero-order chi connectivity index (χ0) is 16.7. The molecule has 2 rings (SSSR count). The fourth-order valence-corrected chi connectivity index (χ4v) is 1.77. The van der Waals surface area contributed by atoms with Crippen LogP contribution in [0, 0.1) is 12.7 Å². The highest BCUT2D eigenvalue weighted by molar-refractivity contribution is 5.83. The molecule has 0 heterocycles. The van der Waals surface area contributed by atoms with E-state index in [4.69, 9.17) is 9.47 Å². The predicted molar refractivity (Wildman–Crippen MR) is 81.7 cm³/mol. The van der Waals surface area contributed by atoms with Gasteiger partial charge in [0, 0.05) is 0 Å². The lowest BCUT2D eigenvalue weighted by molar-refractivity contribution is -0.136. The van der Waals surface area contributed by atoms with Crippen LogP contribution in [-0.2, 0) is 9.59 Å². The number of rotatable bonds is 6. The SMILES string of the molecule is Cc1cccc(OC(=O)CNC(=O)COc2ccccc2F)c1. The molecule has 0 unspecified atom stereocenters. The molecule has 0 fully saturated rings. The normalized spacial score (nSPS) is 10.0. The number of amides is 1. The molecule has 0 aliphatic heterocycles. The van der Waals surface area contributed by atoms with Crippen molar-refractivity contribution < 1.29 is 23.5 Å². The number of esters is 1. The molecule has 0 saturated heterocycles. The Bertz CT molecular complexity index is 702. The second-order valence-electron chi connectivity index (χ2n) is 4.79. The summed E-state index contributed by atoms with van der Waals surface area (Å²) in [6.07, 6.45) is 0. The van der Waals surface area contributed by atoms with E-state index in [1.807, 2.05) is 13.0 Å². The summed E-state index contributed by atoms with van der Waals surface area (Å²) in [5.74, 6) is -1.32. The van der Waals surface area contributed by atoms with Crippen LogP contribution in [0.4, 0.5) is 4.39 Å². The minimum Gasteiger partial charge on any atom is -0.481 e.